The zero-order valence-corrected chi connectivity index (χ0v) is 26.5. The highest BCUT2D eigenvalue weighted by molar-refractivity contribution is 6.09. The molecular formula is C43H32N2O2. The normalized spacial score (nSPS) is 11.4. The highest BCUT2D eigenvalue weighted by Crippen LogP contribution is 2.38. The van der Waals surface area contributed by atoms with Gasteiger partial charge >= 0.3 is 0 Å². The number of aromatic nitrogens is 2. The second-order valence-electron chi connectivity index (χ2n) is 12.3. The number of aromatic hydroxyl groups is 1. The van der Waals surface area contributed by atoms with Crippen LogP contribution in [0, 0.1) is 20.8 Å². The van der Waals surface area contributed by atoms with Crippen molar-refractivity contribution in [3.8, 4) is 61.8 Å². The summed E-state index contributed by atoms with van der Waals surface area (Å²) >= 11 is 0. The predicted octanol–water partition coefficient (Wildman–Crippen LogP) is 11.3. The topological polar surface area (TPSA) is 59.2 Å². The largest absolute Gasteiger partial charge is 0.507 e. The number of phenolic OH excluding ortho intramolecular Hbond substituents is 1. The lowest BCUT2D eigenvalue weighted by Gasteiger charge is -2.13. The molecule has 4 nitrogen and oxygen atoms in total. The molecule has 0 spiro atoms. The molecule has 0 aliphatic carbocycles. The number of hydrogen-bond donors (Lipinski definition) is 1. The summed E-state index contributed by atoms with van der Waals surface area (Å²) in [6, 6.07) is 45.2. The number of nitrogens with zero attached hydrogens (tertiary/aromatic N) is 2. The first-order valence-electron chi connectivity index (χ1n) is 15.8. The zero-order valence-electron chi connectivity index (χ0n) is 26.5. The van der Waals surface area contributed by atoms with E-state index >= 15 is 0 Å². The van der Waals surface area contributed by atoms with Gasteiger partial charge in [0.15, 0.2) is 0 Å². The summed E-state index contributed by atoms with van der Waals surface area (Å²) in [5.74, 6) is 0.202. The number of aryl methyl sites for hydroxylation is 3. The first-order chi connectivity index (χ1) is 22.9. The van der Waals surface area contributed by atoms with E-state index < -0.39 is 0 Å². The number of phenols is 1. The first-order valence-corrected chi connectivity index (χ1v) is 15.8. The average molecular weight is 609 g/mol. The van der Waals surface area contributed by atoms with E-state index in [-0.39, 0.29) is 5.75 Å². The van der Waals surface area contributed by atoms with Crippen LogP contribution in [0.15, 0.2) is 138 Å². The summed E-state index contributed by atoms with van der Waals surface area (Å²) in [4.78, 5) is 10.0. The molecule has 3 aromatic heterocycles. The van der Waals surface area contributed by atoms with Crippen LogP contribution in [0.4, 0.5) is 0 Å². The van der Waals surface area contributed by atoms with Crippen molar-refractivity contribution >= 4 is 21.9 Å². The number of benzene rings is 5. The van der Waals surface area contributed by atoms with Gasteiger partial charge in [0, 0.05) is 38.7 Å². The minimum atomic E-state index is 0.202. The van der Waals surface area contributed by atoms with Crippen LogP contribution in [0.5, 0.6) is 5.75 Å². The van der Waals surface area contributed by atoms with E-state index in [1.807, 2.05) is 43.3 Å². The second-order valence-corrected chi connectivity index (χ2v) is 12.3. The van der Waals surface area contributed by atoms with Gasteiger partial charge in [0.25, 0.3) is 0 Å². The maximum atomic E-state index is 10.8. The first kappa shape index (κ1) is 28.5. The van der Waals surface area contributed by atoms with Crippen LogP contribution < -0.4 is 0 Å². The van der Waals surface area contributed by atoms with Crippen LogP contribution in [-0.4, -0.2) is 15.1 Å². The fourth-order valence-corrected chi connectivity index (χ4v) is 6.60. The standard InChI is InChI=1S/C43H32N2O2/c1-26-18-27(2)20-31(19-26)32-23-39(45-40(24-32)37-13-4-6-16-41(37)46)30-11-8-10-29(22-30)38-25-33(21-28(3)44-38)34-14-9-15-36-35-12-5-7-17-42(35)47-43(34)36/h4-25,46H,1-3H3. The van der Waals surface area contributed by atoms with Crippen molar-refractivity contribution < 1.29 is 9.52 Å². The maximum absolute atomic E-state index is 10.8. The predicted molar refractivity (Wildman–Crippen MR) is 192 cm³/mol. The lowest BCUT2D eigenvalue weighted by atomic mass is 9.96. The van der Waals surface area contributed by atoms with Gasteiger partial charge in [-0.3, -0.25) is 4.98 Å². The van der Waals surface area contributed by atoms with Crippen LogP contribution in [0.3, 0.4) is 0 Å². The van der Waals surface area contributed by atoms with Crippen LogP contribution >= 0.6 is 0 Å². The zero-order chi connectivity index (χ0) is 32.1. The highest BCUT2D eigenvalue weighted by Gasteiger charge is 2.16. The molecule has 47 heavy (non-hydrogen) atoms. The van der Waals surface area contributed by atoms with Crippen LogP contribution in [-0.2, 0) is 0 Å². The number of para-hydroxylation sites is 3. The molecule has 1 N–H and O–H groups in total. The summed E-state index contributed by atoms with van der Waals surface area (Å²) in [6.45, 7) is 6.26. The summed E-state index contributed by atoms with van der Waals surface area (Å²) in [5.41, 5.74) is 14.4. The third-order valence-corrected chi connectivity index (χ3v) is 8.68. The molecule has 0 saturated heterocycles. The van der Waals surface area contributed by atoms with Crippen molar-refractivity contribution in [2.24, 2.45) is 0 Å². The monoisotopic (exact) mass is 608 g/mol. The molecule has 0 fully saturated rings. The molecular weight excluding hydrogens is 576 g/mol. The molecule has 0 atom stereocenters. The molecule has 0 radical (unpaired) electrons. The molecule has 8 aromatic rings. The molecule has 5 aromatic carbocycles. The van der Waals surface area contributed by atoms with Crippen molar-refractivity contribution in [2.75, 3.05) is 0 Å². The molecule has 0 aliphatic heterocycles. The molecule has 0 aliphatic rings. The maximum Gasteiger partial charge on any atom is 0.143 e. The molecule has 0 bridgehead atoms. The Morgan fingerprint density at radius 2 is 1.09 bits per heavy atom. The quantitative estimate of drug-likeness (QED) is 0.211. The molecule has 226 valence electrons. The summed E-state index contributed by atoms with van der Waals surface area (Å²) in [7, 11) is 0. The number of pyridine rings is 2. The summed E-state index contributed by atoms with van der Waals surface area (Å²) < 4.78 is 6.37. The van der Waals surface area contributed by atoms with Crippen molar-refractivity contribution in [2.45, 2.75) is 20.8 Å². The van der Waals surface area contributed by atoms with Crippen molar-refractivity contribution in [1.82, 2.24) is 9.97 Å². The van der Waals surface area contributed by atoms with Crippen molar-refractivity contribution in [1.29, 1.82) is 0 Å². The number of hydrogen-bond acceptors (Lipinski definition) is 4. The van der Waals surface area contributed by atoms with Gasteiger partial charge in [-0.25, -0.2) is 4.98 Å². The SMILES string of the molecule is Cc1cc(C)cc(-c2cc(-c3cccc(-c4cc(-c5cccc6c5oc5ccccc56)cc(C)n4)c3)nc(-c3ccccc3O)c2)c1. The molecule has 4 heteroatoms. The van der Waals surface area contributed by atoms with E-state index in [1.165, 1.54) is 11.1 Å². The fourth-order valence-electron chi connectivity index (χ4n) is 6.60. The van der Waals surface area contributed by atoms with E-state index in [0.29, 0.717) is 5.56 Å². The van der Waals surface area contributed by atoms with Gasteiger partial charge in [-0.2, -0.15) is 0 Å². The minimum absolute atomic E-state index is 0.202. The van der Waals surface area contributed by atoms with Crippen LogP contribution in [0.25, 0.3) is 78.0 Å². The highest BCUT2D eigenvalue weighted by atomic mass is 16.3. The van der Waals surface area contributed by atoms with Gasteiger partial charge in [0.05, 0.1) is 17.1 Å². The van der Waals surface area contributed by atoms with Gasteiger partial charge in [-0.15, -0.1) is 0 Å². The summed E-state index contributed by atoms with van der Waals surface area (Å²) in [5, 5.41) is 13.0. The molecule has 3 heterocycles. The minimum Gasteiger partial charge on any atom is -0.507 e. The smallest absolute Gasteiger partial charge is 0.143 e. The van der Waals surface area contributed by atoms with E-state index in [9.17, 15) is 5.11 Å². The van der Waals surface area contributed by atoms with Crippen LogP contribution in [0.1, 0.15) is 16.8 Å². The number of fused-ring (bicyclic) bond motifs is 3. The van der Waals surface area contributed by atoms with Gasteiger partial charge in [0.2, 0.25) is 0 Å². The second kappa shape index (κ2) is 11.4. The molecule has 0 amide bonds. The molecule has 0 saturated carbocycles. The third kappa shape index (κ3) is 5.34. The third-order valence-electron chi connectivity index (χ3n) is 8.68. The van der Waals surface area contributed by atoms with Crippen molar-refractivity contribution in [3.05, 3.63) is 150 Å². The van der Waals surface area contributed by atoms with Crippen LogP contribution in [0.2, 0.25) is 0 Å². The number of rotatable bonds is 5. The summed E-state index contributed by atoms with van der Waals surface area (Å²) in [6.07, 6.45) is 0. The Morgan fingerprint density at radius 3 is 1.89 bits per heavy atom. The Kier molecular flexibility index (Phi) is 6.92. The molecule has 8 rings (SSSR count). The lowest BCUT2D eigenvalue weighted by Crippen LogP contribution is -1.94. The Labute approximate surface area is 273 Å². The lowest BCUT2D eigenvalue weighted by molar-refractivity contribution is 0.477. The Morgan fingerprint density at radius 1 is 0.468 bits per heavy atom. The van der Waals surface area contributed by atoms with E-state index in [2.05, 4.69) is 105 Å². The number of furan rings is 1. The Bertz CT molecular complexity index is 2450. The molecule has 0 unspecified atom stereocenters. The Hall–Kier alpha value is -6.00. The van der Waals surface area contributed by atoms with Gasteiger partial charge in [0.1, 0.15) is 16.9 Å². The van der Waals surface area contributed by atoms with Crippen molar-refractivity contribution in [3.63, 3.8) is 0 Å². The fraction of sp³-hybridized carbons (Fsp3) is 0.0698. The van der Waals surface area contributed by atoms with E-state index in [4.69, 9.17) is 14.4 Å². The van der Waals surface area contributed by atoms with Gasteiger partial charge < -0.3 is 9.52 Å². The van der Waals surface area contributed by atoms with E-state index in [1.54, 1.807) is 6.07 Å². The Balaban J connectivity index is 1.26. The van der Waals surface area contributed by atoms with Gasteiger partial charge in [-0.1, -0.05) is 96.1 Å². The van der Waals surface area contributed by atoms with Gasteiger partial charge in [-0.05, 0) is 86.0 Å². The van der Waals surface area contributed by atoms with E-state index in [0.717, 1.165) is 78.1 Å². The average Bonchev–Trinajstić information content (AvgIpc) is 3.47.